The third-order valence-corrected chi connectivity index (χ3v) is 5.57. The first-order chi connectivity index (χ1) is 9.91. The Morgan fingerprint density at radius 2 is 2.00 bits per heavy atom. The predicted molar refractivity (Wildman–Crippen MR) is 77.2 cm³/mol. The zero-order valence-electron chi connectivity index (χ0n) is 12.2. The first-order valence-electron chi connectivity index (χ1n) is 6.50. The fraction of sp³-hybridized carbons (Fsp3) is 0.538. The first kappa shape index (κ1) is 16.0. The van der Waals surface area contributed by atoms with E-state index in [0.717, 1.165) is 0 Å². The molecule has 21 heavy (non-hydrogen) atoms. The number of benzene rings is 1. The van der Waals surface area contributed by atoms with Gasteiger partial charge in [0, 0.05) is 26.2 Å². The van der Waals surface area contributed by atoms with E-state index in [-0.39, 0.29) is 10.6 Å². The molecule has 1 aromatic rings. The summed E-state index contributed by atoms with van der Waals surface area (Å²) in [5.41, 5.74) is 0. The lowest BCUT2D eigenvalue weighted by Gasteiger charge is -2.26. The van der Waals surface area contributed by atoms with Crippen LogP contribution in [0.2, 0.25) is 0 Å². The lowest BCUT2D eigenvalue weighted by Crippen LogP contribution is -2.44. The number of nitrogens with zero attached hydrogens (tertiary/aromatic N) is 1. The van der Waals surface area contributed by atoms with Crippen molar-refractivity contribution >= 4 is 10.0 Å². The second-order valence-corrected chi connectivity index (χ2v) is 6.80. The molecule has 2 rings (SSSR count). The minimum atomic E-state index is -3.77. The largest absolute Gasteiger partial charge is 0.497 e. The van der Waals surface area contributed by atoms with Gasteiger partial charge < -0.3 is 19.9 Å². The molecule has 1 aliphatic heterocycles. The number of β-amino-alcohol motifs (C(OH)–C–C–N with tert-alkyl or cyclic N) is 1. The summed E-state index contributed by atoms with van der Waals surface area (Å²) in [6.45, 7) is 0.791. The minimum Gasteiger partial charge on any atom is -0.497 e. The summed E-state index contributed by atoms with van der Waals surface area (Å²) in [5, 5.41) is 12.8. The molecule has 118 valence electrons. The summed E-state index contributed by atoms with van der Waals surface area (Å²) in [6, 6.07) is 4.02. The van der Waals surface area contributed by atoms with E-state index < -0.39 is 22.2 Å². The average molecular weight is 316 g/mol. The van der Waals surface area contributed by atoms with Gasteiger partial charge in [-0.15, -0.1) is 0 Å². The van der Waals surface area contributed by atoms with Gasteiger partial charge in [0.05, 0.1) is 26.4 Å². The van der Waals surface area contributed by atoms with Gasteiger partial charge in [0.2, 0.25) is 10.0 Å². The number of aliphatic hydroxyl groups is 1. The lowest BCUT2D eigenvalue weighted by atomic mass is 10.2. The van der Waals surface area contributed by atoms with Gasteiger partial charge in [-0.2, -0.15) is 4.31 Å². The molecule has 1 aliphatic rings. The maximum Gasteiger partial charge on any atom is 0.246 e. The van der Waals surface area contributed by atoms with Gasteiger partial charge in [0.1, 0.15) is 16.4 Å². The van der Waals surface area contributed by atoms with Crippen molar-refractivity contribution in [1.82, 2.24) is 9.62 Å². The summed E-state index contributed by atoms with van der Waals surface area (Å²) in [4.78, 5) is 0.0485. The van der Waals surface area contributed by atoms with Crippen molar-refractivity contribution in [2.24, 2.45) is 0 Å². The summed E-state index contributed by atoms with van der Waals surface area (Å²) in [5.74, 6) is 0.720. The molecule has 0 saturated carbocycles. The monoisotopic (exact) mass is 316 g/mol. The van der Waals surface area contributed by atoms with Crippen LogP contribution in [-0.4, -0.2) is 64.3 Å². The molecule has 0 bridgehead atoms. The van der Waals surface area contributed by atoms with E-state index in [4.69, 9.17) is 9.47 Å². The van der Waals surface area contributed by atoms with E-state index in [1.165, 1.54) is 37.7 Å². The van der Waals surface area contributed by atoms with Gasteiger partial charge in [-0.3, -0.25) is 0 Å². The standard InChI is InChI=1S/C13H20N2O5S/c1-15(10-7-14-8-11(10)16)21(17,18)13-5-4-9(19-2)6-12(13)20-3/h4-6,10-11,14,16H,7-8H2,1-3H3/t10-,11-/m0/s1. The van der Waals surface area contributed by atoms with Gasteiger partial charge in [0.15, 0.2) is 0 Å². The van der Waals surface area contributed by atoms with Crippen LogP contribution in [0.3, 0.4) is 0 Å². The highest BCUT2D eigenvalue weighted by atomic mass is 32.2. The SMILES string of the molecule is COc1ccc(S(=O)(=O)N(C)[C@H]2CNC[C@@H]2O)c(OC)c1. The van der Waals surface area contributed by atoms with E-state index in [2.05, 4.69) is 5.32 Å². The molecule has 0 unspecified atom stereocenters. The molecule has 2 N–H and O–H groups in total. The van der Waals surface area contributed by atoms with Crippen LogP contribution in [0, 0.1) is 0 Å². The summed E-state index contributed by atoms with van der Waals surface area (Å²) in [6.07, 6.45) is -0.728. The van der Waals surface area contributed by atoms with Crippen molar-refractivity contribution in [2.45, 2.75) is 17.0 Å². The van der Waals surface area contributed by atoms with Crippen LogP contribution in [-0.2, 0) is 10.0 Å². The third kappa shape index (κ3) is 2.98. The van der Waals surface area contributed by atoms with E-state index in [1.54, 1.807) is 6.07 Å². The molecule has 0 radical (unpaired) electrons. The van der Waals surface area contributed by atoms with Crippen molar-refractivity contribution in [1.29, 1.82) is 0 Å². The molecule has 0 aliphatic carbocycles. The molecule has 7 nitrogen and oxygen atoms in total. The molecular weight excluding hydrogens is 296 g/mol. The smallest absolute Gasteiger partial charge is 0.246 e. The number of nitrogens with one attached hydrogen (secondary N) is 1. The second-order valence-electron chi connectivity index (χ2n) is 4.83. The number of aliphatic hydroxyl groups excluding tert-OH is 1. The van der Waals surface area contributed by atoms with E-state index >= 15 is 0 Å². The number of rotatable bonds is 5. The Labute approximate surface area is 124 Å². The summed E-state index contributed by atoms with van der Waals surface area (Å²) >= 11 is 0. The normalized spacial score (nSPS) is 22.5. The van der Waals surface area contributed by atoms with Crippen LogP contribution in [0.4, 0.5) is 0 Å². The summed E-state index contributed by atoms with van der Waals surface area (Å²) < 4.78 is 36.8. The maximum atomic E-state index is 12.7. The molecular formula is C13H20N2O5S. The van der Waals surface area contributed by atoms with Gasteiger partial charge in [0.25, 0.3) is 0 Å². The molecule has 8 heteroatoms. The fourth-order valence-corrected chi connectivity index (χ4v) is 3.86. The summed E-state index contributed by atoms with van der Waals surface area (Å²) in [7, 11) is 0.586. The van der Waals surface area contributed by atoms with Crippen LogP contribution in [0.5, 0.6) is 11.5 Å². The zero-order valence-corrected chi connectivity index (χ0v) is 13.1. The molecule has 1 aromatic carbocycles. The van der Waals surface area contributed by atoms with Crippen molar-refractivity contribution < 1.29 is 23.0 Å². The van der Waals surface area contributed by atoms with Crippen molar-refractivity contribution in [3.05, 3.63) is 18.2 Å². The Hall–Kier alpha value is -1.35. The van der Waals surface area contributed by atoms with Gasteiger partial charge >= 0.3 is 0 Å². The van der Waals surface area contributed by atoms with E-state index in [1.807, 2.05) is 0 Å². The molecule has 1 fully saturated rings. The number of ether oxygens (including phenoxy) is 2. The quantitative estimate of drug-likeness (QED) is 0.772. The highest BCUT2D eigenvalue weighted by Gasteiger charge is 2.37. The predicted octanol–water partition coefficient (Wildman–Crippen LogP) is -0.343. The highest BCUT2D eigenvalue weighted by Crippen LogP contribution is 2.31. The highest BCUT2D eigenvalue weighted by molar-refractivity contribution is 7.89. The Balaban J connectivity index is 2.39. The van der Waals surface area contributed by atoms with Crippen LogP contribution >= 0.6 is 0 Å². The van der Waals surface area contributed by atoms with Crippen molar-refractivity contribution in [3.8, 4) is 11.5 Å². The van der Waals surface area contributed by atoms with E-state index in [0.29, 0.717) is 18.8 Å². The molecule has 0 amide bonds. The Bertz CT molecular complexity index is 605. The number of hydrogen-bond acceptors (Lipinski definition) is 6. The van der Waals surface area contributed by atoms with Gasteiger partial charge in [-0.25, -0.2) is 8.42 Å². The van der Waals surface area contributed by atoms with Crippen LogP contribution in [0.15, 0.2) is 23.1 Å². The average Bonchev–Trinajstić information content (AvgIpc) is 2.91. The Morgan fingerprint density at radius 1 is 1.29 bits per heavy atom. The number of hydrogen-bond donors (Lipinski definition) is 2. The molecule has 0 spiro atoms. The van der Waals surface area contributed by atoms with Crippen LogP contribution in [0.25, 0.3) is 0 Å². The van der Waals surface area contributed by atoms with E-state index in [9.17, 15) is 13.5 Å². The lowest BCUT2D eigenvalue weighted by molar-refractivity contribution is 0.136. The number of methoxy groups -OCH3 is 2. The second kappa shape index (κ2) is 6.18. The van der Waals surface area contributed by atoms with Crippen LogP contribution < -0.4 is 14.8 Å². The van der Waals surface area contributed by atoms with Crippen molar-refractivity contribution in [2.75, 3.05) is 34.4 Å². The van der Waals surface area contributed by atoms with Gasteiger partial charge in [-0.05, 0) is 12.1 Å². The Kier molecular flexibility index (Phi) is 4.72. The number of likely N-dealkylation sites (N-methyl/N-ethyl adjacent to an activating group) is 1. The molecule has 0 aromatic heterocycles. The van der Waals surface area contributed by atoms with Crippen LogP contribution in [0.1, 0.15) is 0 Å². The third-order valence-electron chi connectivity index (χ3n) is 3.65. The minimum absolute atomic E-state index is 0.0485. The zero-order chi connectivity index (χ0) is 15.6. The molecule has 1 saturated heterocycles. The van der Waals surface area contributed by atoms with Gasteiger partial charge in [-0.1, -0.05) is 0 Å². The number of sulfonamides is 1. The van der Waals surface area contributed by atoms with Crippen molar-refractivity contribution in [3.63, 3.8) is 0 Å². The Morgan fingerprint density at radius 3 is 2.52 bits per heavy atom. The molecule has 2 atom stereocenters. The fourth-order valence-electron chi connectivity index (χ4n) is 2.34. The first-order valence-corrected chi connectivity index (χ1v) is 7.94. The topological polar surface area (TPSA) is 88.1 Å². The maximum absolute atomic E-state index is 12.7. The molecule has 1 heterocycles.